The first-order valence-corrected chi connectivity index (χ1v) is 15.8. The molecule has 3 aliphatic rings. The van der Waals surface area contributed by atoms with Crippen molar-refractivity contribution < 1.29 is 58.2 Å². The Labute approximate surface area is 253 Å². The average molecular weight is 668 g/mol. The summed E-state index contributed by atoms with van der Waals surface area (Å²) in [4.78, 5) is 26.3. The van der Waals surface area contributed by atoms with Crippen molar-refractivity contribution in [3.8, 4) is 0 Å². The van der Waals surface area contributed by atoms with Crippen LogP contribution in [-0.2, 0) is 36.3 Å². The number of fused-ring (bicyclic) bond motifs is 3. The number of aliphatic carboxylic acids is 1. The number of aryl methyl sites for hydroxylation is 1. The minimum absolute atomic E-state index is 0.137. The van der Waals surface area contributed by atoms with Crippen LogP contribution in [0.15, 0.2) is 47.4 Å². The highest BCUT2D eigenvalue weighted by molar-refractivity contribution is 7.92. The van der Waals surface area contributed by atoms with E-state index in [-0.39, 0.29) is 67.2 Å². The van der Waals surface area contributed by atoms with E-state index in [0.29, 0.717) is 6.07 Å². The Bertz CT molecular complexity index is 1590. The monoisotopic (exact) mass is 667 g/mol. The van der Waals surface area contributed by atoms with E-state index in [0.717, 1.165) is 30.3 Å². The van der Waals surface area contributed by atoms with Gasteiger partial charge in [-0.15, -0.1) is 0 Å². The molecule has 45 heavy (non-hydrogen) atoms. The lowest BCUT2D eigenvalue weighted by atomic mass is 9.73. The summed E-state index contributed by atoms with van der Waals surface area (Å²) in [5, 5.41) is 9.33. The van der Waals surface area contributed by atoms with Crippen LogP contribution >= 0.6 is 0 Å². The summed E-state index contributed by atoms with van der Waals surface area (Å²) in [6.45, 7) is 1.36. The zero-order valence-corrected chi connectivity index (χ0v) is 24.6. The SMILES string of the molecule is C[C@H]1CN(C(=O)[C@H]2CC[C@H](C(=O)O)CC2)C2CCc3cc(C(F)(C(F)(F)F)C(F)(F)F)ccc3C21S(=O)(=O)c1ccc(F)cc1. The van der Waals surface area contributed by atoms with Crippen molar-refractivity contribution in [2.75, 3.05) is 6.54 Å². The molecule has 246 valence electrons. The number of halogens is 8. The first-order valence-electron chi connectivity index (χ1n) is 14.3. The minimum atomic E-state index is -6.38. The van der Waals surface area contributed by atoms with Gasteiger partial charge in [0.2, 0.25) is 5.91 Å². The average Bonchev–Trinajstić information content (AvgIpc) is 3.29. The fourth-order valence-electron chi connectivity index (χ4n) is 7.57. The Morgan fingerprint density at radius 2 is 1.42 bits per heavy atom. The third-order valence-electron chi connectivity index (χ3n) is 9.74. The molecule has 2 unspecified atom stereocenters. The molecule has 1 heterocycles. The second-order valence-electron chi connectivity index (χ2n) is 12.1. The second kappa shape index (κ2) is 10.9. The number of rotatable bonds is 5. The number of alkyl halides is 7. The summed E-state index contributed by atoms with van der Waals surface area (Å²) in [6.07, 6.45) is -12.3. The van der Waals surface area contributed by atoms with Crippen LogP contribution in [0, 0.1) is 23.6 Å². The maximum Gasteiger partial charge on any atom is 0.435 e. The third-order valence-corrected chi connectivity index (χ3v) is 12.4. The number of carbonyl (C=O) groups is 2. The zero-order valence-electron chi connectivity index (χ0n) is 23.8. The highest BCUT2D eigenvalue weighted by Crippen LogP contribution is 2.58. The molecule has 2 aromatic carbocycles. The number of carboxylic acid groups (broad SMARTS) is 1. The van der Waals surface area contributed by atoms with Crippen molar-refractivity contribution >= 4 is 21.7 Å². The number of amides is 1. The van der Waals surface area contributed by atoms with Crippen LogP contribution in [0.25, 0.3) is 0 Å². The van der Waals surface area contributed by atoms with Crippen LogP contribution in [0.3, 0.4) is 0 Å². The number of benzene rings is 2. The fourth-order valence-corrected chi connectivity index (χ4v) is 10.2. The van der Waals surface area contributed by atoms with Gasteiger partial charge in [-0.2, -0.15) is 26.3 Å². The van der Waals surface area contributed by atoms with E-state index in [1.54, 1.807) is 0 Å². The molecule has 1 amide bonds. The summed E-state index contributed by atoms with van der Waals surface area (Å²) in [5.74, 6) is -4.38. The van der Waals surface area contributed by atoms with Crippen molar-refractivity contribution in [1.29, 1.82) is 0 Å². The first kappa shape index (κ1) is 33.1. The summed E-state index contributed by atoms with van der Waals surface area (Å²) in [6, 6.07) is 4.09. The molecule has 0 bridgehead atoms. The van der Waals surface area contributed by atoms with Gasteiger partial charge in [0.1, 0.15) is 10.6 Å². The predicted molar refractivity (Wildman–Crippen MR) is 143 cm³/mol. The lowest BCUT2D eigenvalue weighted by molar-refractivity contribution is -0.348. The minimum Gasteiger partial charge on any atom is -0.481 e. The standard InChI is InChI=1S/C30H29F8NO5S/c1-16-15-39(25(40)17-2-4-18(5-3-17)26(41)42)24-13-6-19-14-20(28(32,29(33,34)35)30(36,37)38)7-12-23(19)27(16,24)45(43,44)22-10-8-21(31)9-11-22/h7-12,14,16-18,24H,2-6,13,15H2,1H3,(H,41,42)/t16-,17-,18-,24?,27?/m0/s1. The summed E-state index contributed by atoms with van der Waals surface area (Å²) in [5.41, 5.74) is -7.88. The van der Waals surface area contributed by atoms with Crippen LogP contribution in [-0.4, -0.2) is 55.2 Å². The van der Waals surface area contributed by atoms with E-state index in [1.165, 1.54) is 11.8 Å². The summed E-state index contributed by atoms with van der Waals surface area (Å²) < 4.78 is 138. The molecule has 1 saturated heterocycles. The van der Waals surface area contributed by atoms with Crippen LogP contribution in [0.2, 0.25) is 0 Å². The van der Waals surface area contributed by atoms with Crippen molar-refractivity contribution in [3.05, 3.63) is 65.0 Å². The Morgan fingerprint density at radius 1 is 0.867 bits per heavy atom. The third kappa shape index (κ3) is 4.91. The van der Waals surface area contributed by atoms with Crippen molar-refractivity contribution in [3.63, 3.8) is 0 Å². The van der Waals surface area contributed by atoms with E-state index in [1.807, 2.05) is 0 Å². The van der Waals surface area contributed by atoms with Gasteiger partial charge in [0.25, 0.3) is 0 Å². The molecule has 5 rings (SSSR count). The maximum absolute atomic E-state index is 15.0. The topological polar surface area (TPSA) is 91.8 Å². The van der Waals surface area contributed by atoms with Crippen LogP contribution in [0.1, 0.15) is 55.7 Å². The Morgan fingerprint density at radius 3 is 1.96 bits per heavy atom. The number of hydrogen-bond acceptors (Lipinski definition) is 4. The number of carboxylic acids is 1. The Balaban J connectivity index is 1.66. The van der Waals surface area contributed by atoms with Crippen molar-refractivity contribution in [1.82, 2.24) is 4.90 Å². The van der Waals surface area contributed by atoms with E-state index >= 15 is 4.39 Å². The molecule has 2 aromatic rings. The molecular weight excluding hydrogens is 638 g/mol. The molecular formula is C30H29F8NO5S. The number of carbonyl (C=O) groups excluding carboxylic acids is 1. The molecule has 0 spiro atoms. The summed E-state index contributed by atoms with van der Waals surface area (Å²) >= 11 is 0. The van der Waals surface area contributed by atoms with Gasteiger partial charge < -0.3 is 10.0 Å². The molecule has 0 radical (unpaired) electrons. The van der Waals surface area contributed by atoms with Gasteiger partial charge in [0.15, 0.2) is 9.84 Å². The maximum atomic E-state index is 15.0. The van der Waals surface area contributed by atoms with E-state index in [4.69, 9.17) is 0 Å². The predicted octanol–water partition coefficient (Wildman–Crippen LogP) is 6.47. The molecule has 2 fully saturated rings. The number of hydrogen-bond donors (Lipinski definition) is 1. The Hall–Kier alpha value is -3.23. The van der Waals surface area contributed by atoms with Gasteiger partial charge >= 0.3 is 24.0 Å². The van der Waals surface area contributed by atoms with Crippen molar-refractivity contribution in [2.24, 2.45) is 17.8 Å². The molecule has 0 aromatic heterocycles. The van der Waals surface area contributed by atoms with Gasteiger partial charge in [-0.3, -0.25) is 9.59 Å². The molecule has 1 N–H and O–H groups in total. The second-order valence-corrected chi connectivity index (χ2v) is 14.3. The lowest BCUT2D eigenvalue weighted by Gasteiger charge is -2.45. The number of nitrogens with zero attached hydrogens (tertiary/aromatic N) is 1. The highest BCUT2D eigenvalue weighted by Gasteiger charge is 2.74. The molecule has 3 atom stereocenters. The smallest absolute Gasteiger partial charge is 0.435 e. The van der Waals surface area contributed by atoms with Gasteiger partial charge in [0, 0.05) is 18.0 Å². The quantitative estimate of drug-likeness (QED) is 0.292. The Kier molecular flexibility index (Phi) is 8.06. The number of likely N-dealkylation sites (tertiary alicyclic amines) is 1. The molecule has 15 heteroatoms. The van der Waals surface area contributed by atoms with E-state index in [9.17, 15) is 53.8 Å². The molecule has 1 saturated carbocycles. The summed E-state index contributed by atoms with van der Waals surface area (Å²) in [7, 11) is -4.64. The van der Waals surface area contributed by atoms with Gasteiger partial charge in [-0.25, -0.2) is 17.2 Å². The van der Waals surface area contributed by atoms with Crippen molar-refractivity contribution in [2.45, 2.75) is 79.2 Å². The van der Waals surface area contributed by atoms with Crippen LogP contribution < -0.4 is 0 Å². The number of sulfone groups is 1. The van der Waals surface area contributed by atoms with Gasteiger partial charge in [0.05, 0.1) is 16.9 Å². The van der Waals surface area contributed by atoms with E-state index in [2.05, 4.69) is 0 Å². The van der Waals surface area contributed by atoms with Crippen LogP contribution in [0.5, 0.6) is 0 Å². The molecule has 1 aliphatic heterocycles. The largest absolute Gasteiger partial charge is 0.481 e. The normalized spacial score (nSPS) is 27.5. The molecule has 2 aliphatic carbocycles. The fraction of sp³-hybridized carbons (Fsp3) is 0.533. The van der Waals surface area contributed by atoms with Crippen LogP contribution in [0.4, 0.5) is 35.1 Å². The molecule has 6 nitrogen and oxygen atoms in total. The lowest BCUT2D eigenvalue weighted by Crippen LogP contribution is -2.55. The highest BCUT2D eigenvalue weighted by atomic mass is 32.2. The van der Waals surface area contributed by atoms with E-state index < -0.39 is 79.7 Å². The first-order chi connectivity index (χ1) is 20.8. The zero-order chi connectivity index (χ0) is 33.3. The van der Waals surface area contributed by atoms with Gasteiger partial charge in [-0.05, 0) is 79.8 Å². The van der Waals surface area contributed by atoms with Gasteiger partial charge in [-0.1, -0.05) is 25.1 Å².